The number of hydrogen-bond acceptors (Lipinski definition) is 3. The molecule has 1 N–H and O–H groups in total. The number of aromatic nitrogens is 1. The molecule has 0 saturated carbocycles. The summed E-state index contributed by atoms with van der Waals surface area (Å²) in [6.45, 7) is 2.05. The van der Waals surface area contributed by atoms with Gasteiger partial charge in [-0.25, -0.2) is 9.78 Å². The lowest BCUT2D eigenvalue weighted by atomic mass is 10.0. The number of aryl methyl sites for hydroxylation is 1. The Morgan fingerprint density at radius 2 is 2.00 bits per heavy atom. The summed E-state index contributed by atoms with van der Waals surface area (Å²) < 4.78 is 5.28. The van der Waals surface area contributed by atoms with Crippen molar-refractivity contribution in [1.82, 2.24) is 4.98 Å². The van der Waals surface area contributed by atoms with Gasteiger partial charge in [-0.2, -0.15) is 0 Å². The van der Waals surface area contributed by atoms with Crippen molar-refractivity contribution in [2.24, 2.45) is 0 Å². The van der Waals surface area contributed by atoms with Gasteiger partial charge in [0.15, 0.2) is 0 Å². The van der Waals surface area contributed by atoms with Gasteiger partial charge in [-0.1, -0.05) is 13.0 Å². The first kappa shape index (κ1) is 13.1. The Morgan fingerprint density at radius 3 is 2.63 bits per heavy atom. The monoisotopic (exact) mass is 257 g/mol. The molecule has 0 radical (unpaired) electrons. The predicted molar refractivity (Wildman–Crippen MR) is 72.6 cm³/mol. The standard InChI is InChI=1S/C15H15NO3/c1-3-10-8-11(4-5-14(10)19-2)12-6-7-16-13(9-12)15(17)18/h4-9H,3H2,1-2H3,(H,17,18). The maximum absolute atomic E-state index is 10.9. The Balaban J connectivity index is 2.47. The molecular formula is C15H15NO3. The number of ether oxygens (including phenoxy) is 1. The number of hydrogen-bond donors (Lipinski definition) is 1. The van der Waals surface area contributed by atoms with Crippen LogP contribution in [-0.4, -0.2) is 23.2 Å². The molecule has 0 spiro atoms. The predicted octanol–water partition coefficient (Wildman–Crippen LogP) is 3.02. The number of methoxy groups -OCH3 is 1. The molecule has 4 heteroatoms. The fourth-order valence-corrected chi connectivity index (χ4v) is 1.96. The van der Waals surface area contributed by atoms with Gasteiger partial charge in [0, 0.05) is 6.20 Å². The second kappa shape index (κ2) is 5.52. The molecule has 1 heterocycles. The Kier molecular flexibility index (Phi) is 3.80. The van der Waals surface area contributed by atoms with E-state index in [1.54, 1.807) is 19.2 Å². The van der Waals surface area contributed by atoms with Crippen LogP contribution in [0.3, 0.4) is 0 Å². The number of rotatable bonds is 4. The molecule has 0 bridgehead atoms. The lowest BCUT2D eigenvalue weighted by Gasteiger charge is -2.09. The number of aromatic carboxylic acids is 1. The number of benzene rings is 1. The average Bonchev–Trinajstić information content (AvgIpc) is 2.46. The minimum absolute atomic E-state index is 0.0476. The number of nitrogens with zero attached hydrogens (tertiary/aromatic N) is 1. The molecule has 2 rings (SSSR count). The van der Waals surface area contributed by atoms with Crippen LogP contribution in [-0.2, 0) is 6.42 Å². The molecule has 4 nitrogen and oxygen atoms in total. The van der Waals surface area contributed by atoms with Crippen LogP contribution in [0.1, 0.15) is 23.0 Å². The zero-order chi connectivity index (χ0) is 13.8. The second-order valence-corrected chi connectivity index (χ2v) is 4.12. The summed E-state index contributed by atoms with van der Waals surface area (Å²) in [5.41, 5.74) is 2.94. The average molecular weight is 257 g/mol. The summed E-state index contributed by atoms with van der Waals surface area (Å²) >= 11 is 0. The summed E-state index contributed by atoms with van der Waals surface area (Å²) in [5, 5.41) is 8.96. The maximum atomic E-state index is 10.9. The van der Waals surface area contributed by atoms with E-state index in [0.29, 0.717) is 0 Å². The van der Waals surface area contributed by atoms with Gasteiger partial charge in [-0.3, -0.25) is 0 Å². The lowest BCUT2D eigenvalue weighted by Crippen LogP contribution is -1.99. The quantitative estimate of drug-likeness (QED) is 0.914. The first-order chi connectivity index (χ1) is 9.15. The van der Waals surface area contributed by atoms with E-state index in [-0.39, 0.29) is 5.69 Å². The fraction of sp³-hybridized carbons (Fsp3) is 0.200. The minimum Gasteiger partial charge on any atom is -0.496 e. The fourth-order valence-electron chi connectivity index (χ4n) is 1.96. The number of pyridine rings is 1. The van der Waals surface area contributed by atoms with Gasteiger partial charge in [-0.05, 0) is 47.4 Å². The molecule has 2 aromatic rings. The third kappa shape index (κ3) is 2.73. The molecule has 19 heavy (non-hydrogen) atoms. The van der Waals surface area contributed by atoms with Gasteiger partial charge in [0.05, 0.1) is 7.11 Å². The zero-order valence-electron chi connectivity index (χ0n) is 10.9. The van der Waals surface area contributed by atoms with Crippen molar-refractivity contribution >= 4 is 5.97 Å². The molecular weight excluding hydrogens is 242 g/mol. The van der Waals surface area contributed by atoms with E-state index in [1.807, 2.05) is 18.2 Å². The van der Waals surface area contributed by atoms with Crippen molar-refractivity contribution in [2.75, 3.05) is 7.11 Å². The van der Waals surface area contributed by atoms with Crippen molar-refractivity contribution in [1.29, 1.82) is 0 Å². The Labute approximate surface area is 111 Å². The second-order valence-electron chi connectivity index (χ2n) is 4.12. The normalized spacial score (nSPS) is 10.2. The molecule has 0 aliphatic carbocycles. The molecule has 0 fully saturated rings. The van der Waals surface area contributed by atoms with E-state index in [0.717, 1.165) is 28.9 Å². The highest BCUT2D eigenvalue weighted by Gasteiger charge is 2.08. The Morgan fingerprint density at radius 1 is 1.26 bits per heavy atom. The van der Waals surface area contributed by atoms with Gasteiger partial charge in [0.1, 0.15) is 11.4 Å². The zero-order valence-corrected chi connectivity index (χ0v) is 10.9. The molecule has 0 aliphatic rings. The van der Waals surface area contributed by atoms with Gasteiger partial charge in [0.25, 0.3) is 0 Å². The maximum Gasteiger partial charge on any atom is 0.354 e. The molecule has 0 unspecified atom stereocenters. The highest BCUT2D eigenvalue weighted by molar-refractivity contribution is 5.87. The molecule has 0 saturated heterocycles. The molecule has 1 aromatic carbocycles. The molecule has 0 atom stereocenters. The van der Waals surface area contributed by atoms with Gasteiger partial charge < -0.3 is 9.84 Å². The van der Waals surface area contributed by atoms with E-state index < -0.39 is 5.97 Å². The van der Waals surface area contributed by atoms with Gasteiger partial charge in [0.2, 0.25) is 0 Å². The van der Waals surface area contributed by atoms with Crippen LogP contribution < -0.4 is 4.74 Å². The van der Waals surface area contributed by atoms with Crippen LogP contribution in [0.5, 0.6) is 5.75 Å². The summed E-state index contributed by atoms with van der Waals surface area (Å²) in [6.07, 6.45) is 2.36. The topological polar surface area (TPSA) is 59.4 Å². The molecule has 1 aromatic heterocycles. The van der Waals surface area contributed by atoms with Crippen molar-refractivity contribution in [3.8, 4) is 16.9 Å². The van der Waals surface area contributed by atoms with Crippen LogP contribution in [0.4, 0.5) is 0 Å². The van der Waals surface area contributed by atoms with E-state index in [1.165, 1.54) is 6.20 Å². The first-order valence-electron chi connectivity index (χ1n) is 6.02. The third-order valence-corrected chi connectivity index (χ3v) is 2.97. The minimum atomic E-state index is -1.02. The van der Waals surface area contributed by atoms with Crippen molar-refractivity contribution in [2.45, 2.75) is 13.3 Å². The van der Waals surface area contributed by atoms with Crippen molar-refractivity contribution in [3.05, 3.63) is 47.8 Å². The summed E-state index contributed by atoms with van der Waals surface area (Å²) in [4.78, 5) is 14.7. The van der Waals surface area contributed by atoms with Crippen LogP contribution in [0.2, 0.25) is 0 Å². The van der Waals surface area contributed by atoms with Crippen LogP contribution >= 0.6 is 0 Å². The largest absolute Gasteiger partial charge is 0.496 e. The van der Waals surface area contributed by atoms with E-state index in [9.17, 15) is 4.79 Å². The van der Waals surface area contributed by atoms with Crippen molar-refractivity contribution < 1.29 is 14.6 Å². The summed E-state index contributed by atoms with van der Waals surface area (Å²) in [6, 6.07) is 9.20. The molecule has 0 amide bonds. The Bertz CT molecular complexity index is 608. The number of carboxylic acid groups (broad SMARTS) is 1. The first-order valence-corrected chi connectivity index (χ1v) is 6.02. The highest BCUT2D eigenvalue weighted by Crippen LogP contribution is 2.27. The number of carboxylic acids is 1. The molecule has 0 aliphatic heterocycles. The van der Waals surface area contributed by atoms with Crippen LogP contribution in [0.25, 0.3) is 11.1 Å². The van der Waals surface area contributed by atoms with Gasteiger partial charge in [-0.15, -0.1) is 0 Å². The Hall–Kier alpha value is -2.36. The SMILES string of the molecule is CCc1cc(-c2ccnc(C(=O)O)c2)ccc1OC. The van der Waals surface area contributed by atoms with E-state index in [4.69, 9.17) is 9.84 Å². The smallest absolute Gasteiger partial charge is 0.354 e. The van der Waals surface area contributed by atoms with E-state index >= 15 is 0 Å². The van der Waals surface area contributed by atoms with Gasteiger partial charge >= 0.3 is 5.97 Å². The summed E-state index contributed by atoms with van der Waals surface area (Å²) in [7, 11) is 1.64. The summed E-state index contributed by atoms with van der Waals surface area (Å²) in [5.74, 6) is -0.176. The van der Waals surface area contributed by atoms with E-state index in [2.05, 4.69) is 11.9 Å². The van der Waals surface area contributed by atoms with Crippen LogP contribution in [0.15, 0.2) is 36.5 Å². The molecule has 98 valence electrons. The van der Waals surface area contributed by atoms with Crippen molar-refractivity contribution in [3.63, 3.8) is 0 Å². The third-order valence-electron chi connectivity index (χ3n) is 2.97. The lowest BCUT2D eigenvalue weighted by molar-refractivity contribution is 0.0690. The van der Waals surface area contributed by atoms with Crippen LogP contribution in [0, 0.1) is 0 Å². The number of carbonyl (C=O) groups is 1. The highest BCUT2D eigenvalue weighted by atomic mass is 16.5.